The zero-order chi connectivity index (χ0) is 20.1. The molecule has 146 valence electrons. The Morgan fingerprint density at radius 2 is 2.11 bits per heavy atom. The molecule has 1 saturated heterocycles. The summed E-state index contributed by atoms with van der Waals surface area (Å²) in [5.74, 6) is 0.678. The first kappa shape index (κ1) is 19.5. The minimum absolute atomic E-state index is 0.0214. The van der Waals surface area contributed by atoms with Gasteiger partial charge in [0.2, 0.25) is 0 Å². The van der Waals surface area contributed by atoms with Crippen LogP contribution in [0.1, 0.15) is 25.1 Å². The first-order valence-corrected chi connectivity index (χ1v) is 9.31. The van der Waals surface area contributed by atoms with Crippen molar-refractivity contribution in [2.24, 2.45) is 0 Å². The van der Waals surface area contributed by atoms with Crippen LogP contribution in [0, 0.1) is 10.8 Å². The predicted molar refractivity (Wildman–Crippen MR) is 109 cm³/mol. The molecule has 2 N–H and O–H groups in total. The molecule has 3 rings (SSSR count). The molecular weight excluding hydrogens is 354 g/mol. The van der Waals surface area contributed by atoms with Gasteiger partial charge >= 0.3 is 6.03 Å². The number of nitrogens with one attached hydrogen (secondary N) is 2. The van der Waals surface area contributed by atoms with E-state index in [-0.39, 0.29) is 17.9 Å². The van der Waals surface area contributed by atoms with Gasteiger partial charge in [-0.15, -0.1) is 0 Å². The summed E-state index contributed by atoms with van der Waals surface area (Å²) in [5, 5.41) is 15.9. The normalized spacial score (nSPS) is 13.9. The summed E-state index contributed by atoms with van der Waals surface area (Å²) in [5.41, 5.74) is 1.54. The summed E-state index contributed by atoms with van der Waals surface area (Å²) in [6.45, 7) is 5.65. The molecule has 8 heteroatoms. The number of urea groups is 1. The van der Waals surface area contributed by atoms with Gasteiger partial charge in [0.15, 0.2) is 5.84 Å². The molecule has 0 saturated carbocycles. The first-order chi connectivity index (χ1) is 13.5. The van der Waals surface area contributed by atoms with Crippen LogP contribution in [0.15, 0.2) is 42.7 Å². The summed E-state index contributed by atoms with van der Waals surface area (Å²) in [6, 6.07) is 9.10. The fourth-order valence-electron chi connectivity index (χ4n) is 3.12. The van der Waals surface area contributed by atoms with Crippen molar-refractivity contribution in [2.45, 2.75) is 26.3 Å². The second kappa shape index (κ2) is 8.60. The number of anilines is 1. The standard InChI is InChI=1S/C20H25N7O/c1-15(2)27(14-21)19(22)17-6-3-7-18(24-17)26-12-11-25(20(26)28)10-8-16-5-4-9-23-13-16/h3-7,9,13-15,21-22H,8,10-12H2,1-2H3. The average Bonchev–Trinajstić information content (AvgIpc) is 3.08. The lowest BCUT2D eigenvalue weighted by Gasteiger charge is -2.24. The molecule has 1 aliphatic heterocycles. The fourth-order valence-corrected chi connectivity index (χ4v) is 3.12. The van der Waals surface area contributed by atoms with Gasteiger partial charge < -0.3 is 9.80 Å². The van der Waals surface area contributed by atoms with Gasteiger partial charge in [-0.2, -0.15) is 0 Å². The number of amidine groups is 1. The van der Waals surface area contributed by atoms with E-state index in [1.54, 1.807) is 29.3 Å². The lowest BCUT2D eigenvalue weighted by molar-refractivity contribution is 0.221. The van der Waals surface area contributed by atoms with Gasteiger partial charge in [-0.3, -0.25) is 20.7 Å². The molecule has 2 aromatic heterocycles. The Morgan fingerprint density at radius 1 is 1.29 bits per heavy atom. The molecule has 8 nitrogen and oxygen atoms in total. The Hall–Kier alpha value is -3.29. The molecule has 0 aliphatic carbocycles. The van der Waals surface area contributed by atoms with Crippen molar-refractivity contribution in [2.75, 3.05) is 24.5 Å². The number of hydrogen-bond donors (Lipinski definition) is 2. The molecular formula is C20H25N7O. The molecule has 0 bridgehead atoms. The topological polar surface area (TPSA) is 100 Å². The highest BCUT2D eigenvalue weighted by Gasteiger charge is 2.30. The maximum atomic E-state index is 12.8. The van der Waals surface area contributed by atoms with E-state index in [4.69, 9.17) is 10.8 Å². The second-order valence-corrected chi connectivity index (χ2v) is 6.89. The third kappa shape index (κ3) is 4.16. The van der Waals surface area contributed by atoms with Crippen LogP contribution in [-0.2, 0) is 6.42 Å². The van der Waals surface area contributed by atoms with Crippen molar-refractivity contribution in [1.82, 2.24) is 19.8 Å². The first-order valence-electron chi connectivity index (χ1n) is 9.31. The average molecular weight is 379 g/mol. The Labute approximate surface area is 164 Å². The minimum atomic E-state index is -0.0761. The highest BCUT2D eigenvalue weighted by molar-refractivity contribution is 6.01. The van der Waals surface area contributed by atoms with Gasteiger partial charge in [0.1, 0.15) is 11.5 Å². The van der Waals surface area contributed by atoms with Crippen LogP contribution in [-0.4, -0.2) is 63.6 Å². The van der Waals surface area contributed by atoms with Gasteiger partial charge in [0.05, 0.1) is 6.34 Å². The quantitative estimate of drug-likeness (QED) is 0.570. The number of nitrogens with zero attached hydrogens (tertiary/aromatic N) is 5. The van der Waals surface area contributed by atoms with Crippen LogP contribution < -0.4 is 4.90 Å². The van der Waals surface area contributed by atoms with Gasteiger partial charge in [0.25, 0.3) is 0 Å². The monoisotopic (exact) mass is 379 g/mol. The predicted octanol–water partition coefficient (Wildman–Crippen LogP) is 2.60. The van der Waals surface area contributed by atoms with E-state index in [1.165, 1.54) is 4.90 Å². The van der Waals surface area contributed by atoms with Gasteiger partial charge in [0, 0.05) is 38.1 Å². The highest BCUT2D eigenvalue weighted by atomic mass is 16.2. The highest BCUT2D eigenvalue weighted by Crippen LogP contribution is 2.19. The van der Waals surface area contributed by atoms with E-state index in [2.05, 4.69) is 9.97 Å². The molecule has 2 aromatic rings. The van der Waals surface area contributed by atoms with Crippen molar-refractivity contribution in [3.63, 3.8) is 0 Å². The van der Waals surface area contributed by atoms with E-state index in [1.807, 2.05) is 37.1 Å². The SMILES string of the molecule is CC(C)N(C=N)C(=N)c1cccc(N2CCN(CCc3cccnc3)C2=O)n1. The molecule has 28 heavy (non-hydrogen) atoms. The van der Waals surface area contributed by atoms with Crippen LogP contribution in [0.25, 0.3) is 0 Å². The molecule has 0 spiro atoms. The number of carbonyl (C=O) groups is 1. The third-order valence-electron chi connectivity index (χ3n) is 4.70. The Bertz CT molecular complexity index is 853. The second-order valence-electron chi connectivity index (χ2n) is 6.89. The zero-order valence-corrected chi connectivity index (χ0v) is 16.2. The number of pyridine rings is 2. The number of rotatable bonds is 7. The van der Waals surface area contributed by atoms with Gasteiger partial charge in [-0.25, -0.2) is 9.78 Å². The number of aromatic nitrogens is 2. The van der Waals surface area contributed by atoms with Crippen LogP contribution in [0.4, 0.5) is 10.6 Å². The minimum Gasteiger partial charge on any atom is -0.322 e. The summed E-state index contributed by atoms with van der Waals surface area (Å²) < 4.78 is 0. The number of hydrogen-bond acceptors (Lipinski definition) is 5. The van der Waals surface area contributed by atoms with Crippen molar-refractivity contribution >= 4 is 24.0 Å². The largest absolute Gasteiger partial charge is 0.325 e. The van der Waals surface area contributed by atoms with E-state index in [0.29, 0.717) is 31.1 Å². The van der Waals surface area contributed by atoms with E-state index in [0.717, 1.165) is 18.3 Å². The van der Waals surface area contributed by atoms with Gasteiger partial charge in [-0.1, -0.05) is 12.1 Å². The van der Waals surface area contributed by atoms with E-state index in [9.17, 15) is 4.79 Å². The summed E-state index contributed by atoms with van der Waals surface area (Å²) >= 11 is 0. The van der Waals surface area contributed by atoms with Crippen molar-refractivity contribution in [3.8, 4) is 0 Å². The third-order valence-corrected chi connectivity index (χ3v) is 4.70. The molecule has 0 unspecified atom stereocenters. The zero-order valence-electron chi connectivity index (χ0n) is 16.2. The van der Waals surface area contributed by atoms with Crippen LogP contribution >= 0.6 is 0 Å². The molecule has 1 fully saturated rings. The van der Waals surface area contributed by atoms with Gasteiger partial charge in [-0.05, 0) is 44.0 Å². The Balaban J connectivity index is 1.69. The van der Waals surface area contributed by atoms with Crippen molar-refractivity contribution < 1.29 is 4.79 Å². The number of amides is 2. The summed E-state index contributed by atoms with van der Waals surface area (Å²) in [6.07, 6.45) is 5.44. The molecule has 0 aromatic carbocycles. The molecule has 3 heterocycles. The van der Waals surface area contributed by atoms with Crippen molar-refractivity contribution in [3.05, 3.63) is 54.0 Å². The molecule has 0 atom stereocenters. The number of carbonyl (C=O) groups excluding carboxylic acids is 1. The van der Waals surface area contributed by atoms with Crippen LogP contribution in [0.5, 0.6) is 0 Å². The maximum Gasteiger partial charge on any atom is 0.325 e. The van der Waals surface area contributed by atoms with E-state index >= 15 is 0 Å². The Morgan fingerprint density at radius 3 is 2.79 bits per heavy atom. The molecule has 2 amide bonds. The van der Waals surface area contributed by atoms with Crippen LogP contribution in [0.3, 0.4) is 0 Å². The van der Waals surface area contributed by atoms with E-state index < -0.39 is 0 Å². The van der Waals surface area contributed by atoms with Crippen molar-refractivity contribution in [1.29, 1.82) is 10.8 Å². The Kier molecular flexibility index (Phi) is 5.98. The smallest absolute Gasteiger partial charge is 0.322 e. The summed E-state index contributed by atoms with van der Waals surface area (Å²) in [4.78, 5) is 26.4. The molecule has 1 aliphatic rings. The van der Waals surface area contributed by atoms with Crippen LogP contribution in [0.2, 0.25) is 0 Å². The maximum absolute atomic E-state index is 12.8. The molecule has 0 radical (unpaired) electrons. The lowest BCUT2D eigenvalue weighted by atomic mass is 10.2. The summed E-state index contributed by atoms with van der Waals surface area (Å²) in [7, 11) is 0. The lowest BCUT2D eigenvalue weighted by Crippen LogP contribution is -2.37. The fraction of sp³-hybridized carbons (Fsp3) is 0.350.